The van der Waals surface area contributed by atoms with Gasteiger partial charge in [0.15, 0.2) is 11.4 Å². The van der Waals surface area contributed by atoms with Crippen LogP contribution in [0.3, 0.4) is 0 Å². The summed E-state index contributed by atoms with van der Waals surface area (Å²) in [7, 11) is 2.88. The molecule has 1 aromatic carbocycles. The van der Waals surface area contributed by atoms with Crippen molar-refractivity contribution in [2.45, 2.75) is 48.8 Å². The number of carbonyl (C=O) groups is 4. The van der Waals surface area contributed by atoms with Crippen molar-refractivity contribution in [1.82, 2.24) is 4.90 Å². The van der Waals surface area contributed by atoms with E-state index in [0.29, 0.717) is 12.0 Å². The van der Waals surface area contributed by atoms with Crippen LogP contribution in [-0.4, -0.2) is 90.5 Å². The van der Waals surface area contributed by atoms with Crippen molar-refractivity contribution < 1.29 is 44.7 Å². The summed E-state index contributed by atoms with van der Waals surface area (Å²) in [6.07, 6.45) is -1.22. The minimum atomic E-state index is -2.99. The van der Waals surface area contributed by atoms with Crippen molar-refractivity contribution in [2.24, 2.45) is 17.6 Å². The predicted octanol–water partition coefficient (Wildman–Crippen LogP) is 0.608. The summed E-state index contributed by atoms with van der Waals surface area (Å²) >= 11 is 3.22. The fourth-order valence-corrected chi connectivity index (χ4v) is 6.23. The topological polar surface area (TPSA) is 211 Å². The molecule has 12 nitrogen and oxygen atoms in total. The number of benzene rings is 1. The van der Waals surface area contributed by atoms with E-state index in [2.05, 4.69) is 21.2 Å². The van der Waals surface area contributed by atoms with Crippen LogP contribution in [-0.2, 0) is 19.2 Å². The summed E-state index contributed by atoms with van der Waals surface area (Å²) in [6.45, 7) is 3.40. The zero-order chi connectivity index (χ0) is 29.3. The average molecular weight is 608 g/mol. The number of primary amides is 1. The number of nitrogens with one attached hydrogen (secondary N) is 1. The minimum Gasteiger partial charge on any atom is -0.508 e. The maximum atomic E-state index is 14.0. The number of aliphatic hydroxyl groups excluding tert-OH is 3. The van der Waals surface area contributed by atoms with Crippen molar-refractivity contribution in [3.05, 3.63) is 40.2 Å². The highest BCUT2D eigenvalue weighted by molar-refractivity contribution is 9.10. The number of ketones is 2. The molecule has 1 fully saturated rings. The zero-order valence-corrected chi connectivity index (χ0v) is 23.2. The minimum absolute atomic E-state index is 0.0514. The number of aromatic hydroxyl groups is 1. The predicted molar refractivity (Wildman–Crippen MR) is 142 cm³/mol. The molecule has 8 N–H and O–H groups in total. The van der Waals surface area contributed by atoms with E-state index in [-0.39, 0.29) is 11.3 Å². The number of halogens is 1. The Bertz CT molecular complexity index is 1370. The number of fused-ring (bicyclic) bond motifs is 3. The number of hydrogen-bond donors (Lipinski definition) is 7. The Morgan fingerprint density at radius 3 is 2.36 bits per heavy atom. The van der Waals surface area contributed by atoms with Crippen LogP contribution in [0.25, 0.3) is 5.76 Å². The molecule has 2 amide bonds. The number of amides is 2. The maximum absolute atomic E-state index is 14.0. The normalized spacial score (nSPS) is 31.0. The third-order valence-corrected chi connectivity index (χ3v) is 9.09. The van der Waals surface area contributed by atoms with Crippen molar-refractivity contribution >= 4 is 50.8 Å². The standard InChI is InChI=1S/C26H30BrN3O9/c1-5-10(27)25(38)29-11-7-6-9-8(2)12-14(19(32)13(9)18(11)31)22(35)26(39)16(20(12)33)17(30(3)4)21(34)15(23(26)36)24(28)37/h6-8,10,12,16-17,20,31-33,36,39H,5H2,1-4H3,(H2,28,37)(H,29,38)/t8?,10?,12?,16?,17-,20?,26-/m0/s1. The van der Waals surface area contributed by atoms with E-state index in [9.17, 15) is 44.7 Å². The summed E-state index contributed by atoms with van der Waals surface area (Å²) in [5.41, 5.74) is 0.912. The van der Waals surface area contributed by atoms with Gasteiger partial charge >= 0.3 is 0 Å². The van der Waals surface area contributed by atoms with Gasteiger partial charge in [0.25, 0.3) is 5.91 Å². The molecule has 0 radical (unpaired) electrons. The van der Waals surface area contributed by atoms with Gasteiger partial charge in [-0.25, -0.2) is 0 Å². The van der Waals surface area contributed by atoms with E-state index >= 15 is 0 Å². The Balaban J connectivity index is 1.97. The number of anilines is 1. The van der Waals surface area contributed by atoms with Gasteiger partial charge in [-0.05, 0) is 38.1 Å². The molecule has 210 valence electrons. The molecule has 39 heavy (non-hydrogen) atoms. The molecule has 4 rings (SSSR count). The first kappa shape index (κ1) is 28.7. The Labute approximate surface area is 231 Å². The Hall–Kier alpha value is -3.26. The molecule has 5 unspecified atom stereocenters. The largest absolute Gasteiger partial charge is 0.508 e. The van der Waals surface area contributed by atoms with E-state index in [1.165, 1.54) is 31.1 Å². The number of Topliss-reactive ketones (excluding diaryl/α,β-unsaturated/α-hetero) is 2. The second-order valence-electron chi connectivity index (χ2n) is 10.3. The van der Waals surface area contributed by atoms with Gasteiger partial charge in [0.2, 0.25) is 11.7 Å². The lowest BCUT2D eigenvalue weighted by Crippen LogP contribution is -2.70. The quantitative estimate of drug-likeness (QED) is 0.141. The number of alkyl halides is 1. The van der Waals surface area contributed by atoms with Crippen LogP contribution < -0.4 is 11.1 Å². The first-order chi connectivity index (χ1) is 18.1. The van der Waals surface area contributed by atoms with Crippen LogP contribution in [0.15, 0.2) is 29.0 Å². The second kappa shape index (κ2) is 9.73. The summed E-state index contributed by atoms with van der Waals surface area (Å²) in [4.78, 5) is 52.4. The molecule has 0 spiro atoms. The first-order valence-electron chi connectivity index (χ1n) is 12.3. The molecule has 1 saturated carbocycles. The summed E-state index contributed by atoms with van der Waals surface area (Å²) < 4.78 is 0. The van der Waals surface area contributed by atoms with Gasteiger partial charge in [-0.15, -0.1) is 0 Å². The number of phenolic OH excluding ortho intramolecular Hbond substituents is 1. The number of rotatable bonds is 5. The molecular weight excluding hydrogens is 578 g/mol. The number of aliphatic hydroxyl groups is 4. The van der Waals surface area contributed by atoms with Gasteiger partial charge in [0.05, 0.1) is 34.1 Å². The Kier molecular flexibility index (Phi) is 7.17. The number of carbonyl (C=O) groups excluding carboxylic acids is 4. The van der Waals surface area contributed by atoms with Crippen LogP contribution in [0.5, 0.6) is 5.75 Å². The number of nitrogens with zero attached hydrogens (tertiary/aromatic N) is 1. The van der Waals surface area contributed by atoms with E-state index in [4.69, 9.17) is 5.73 Å². The van der Waals surface area contributed by atoms with Crippen LogP contribution in [0.1, 0.15) is 37.3 Å². The lowest BCUT2D eigenvalue weighted by molar-refractivity contribution is -0.169. The summed E-state index contributed by atoms with van der Waals surface area (Å²) in [6, 6.07) is 1.52. The van der Waals surface area contributed by atoms with Crippen molar-refractivity contribution in [3.63, 3.8) is 0 Å². The van der Waals surface area contributed by atoms with Gasteiger partial charge in [-0.1, -0.05) is 35.8 Å². The molecule has 13 heteroatoms. The molecule has 0 aliphatic heterocycles. The molecule has 1 aromatic rings. The lowest BCUT2D eigenvalue weighted by Gasteiger charge is -2.53. The smallest absolute Gasteiger partial charge is 0.255 e. The molecule has 0 aromatic heterocycles. The molecule has 0 heterocycles. The number of likely N-dealkylation sites (N-methyl/N-ethyl adjacent to an activating group) is 1. The van der Waals surface area contributed by atoms with Gasteiger partial charge in [0, 0.05) is 11.5 Å². The van der Waals surface area contributed by atoms with Gasteiger partial charge in [-0.3, -0.25) is 24.1 Å². The molecule has 0 bridgehead atoms. The molecular formula is C26H30BrN3O9. The molecule has 7 atom stereocenters. The number of phenols is 1. The molecule has 0 saturated heterocycles. The SMILES string of the molecule is CCC(Br)C(=O)Nc1ccc2c(c1O)C(O)=C1C(=O)[C@]3(O)C(O)=C(C(N)=O)C(=O)[C@@H](N(C)C)C3C(O)C1C2C. The van der Waals surface area contributed by atoms with E-state index in [1.54, 1.807) is 13.8 Å². The van der Waals surface area contributed by atoms with Crippen molar-refractivity contribution in [3.8, 4) is 5.75 Å². The third kappa shape index (κ3) is 3.90. The third-order valence-electron chi connectivity index (χ3n) is 8.03. The molecule has 3 aliphatic rings. The Morgan fingerprint density at radius 1 is 1.21 bits per heavy atom. The maximum Gasteiger partial charge on any atom is 0.255 e. The average Bonchev–Trinajstić information content (AvgIpc) is 2.86. The summed E-state index contributed by atoms with van der Waals surface area (Å²) in [5.74, 6) is -10.2. The van der Waals surface area contributed by atoms with Crippen LogP contribution in [0.4, 0.5) is 5.69 Å². The molecule has 3 aliphatic carbocycles. The number of nitrogens with two attached hydrogens (primary N) is 1. The van der Waals surface area contributed by atoms with Gasteiger partial charge in [0.1, 0.15) is 22.8 Å². The van der Waals surface area contributed by atoms with Crippen molar-refractivity contribution in [2.75, 3.05) is 19.4 Å². The van der Waals surface area contributed by atoms with E-state index in [1.807, 2.05) is 0 Å². The highest BCUT2D eigenvalue weighted by atomic mass is 79.9. The van der Waals surface area contributed by atoms with Gasteiger partial charge < -0.3 is 36.6 Å². The van der Waals surface area contributed by atoms with Crippen molar-refractivity contribution in [1.29, 1.82) is 0 Å². The monoisotopic (exact) mass is 607 g/mol. The van der Waals surface area contributed by atoms with Crippen LogP contribution >= 0.6 is 15.9 Å². The lowest BCUT2D eigenvalue weighted by atomic mass is 9.54. The summed E-state index contributed by atoms with van der Waals surface area (Å²) in [5, 5.41) is 59.1. The van der Waals surface area contributed by atoms with Gasteiger partial charge in [-0.2, -0.15) is 0 Å². The highest BCUT2D eigenvalue weighted by Crippen LogP contribution is 2.56. The first-order valence-corrected chi connectivity index (χ1v) is 13.2. The fourth-order valence-electron chi connectivity index (χ4n) is 6.11. The zero-order valence-electron chi connectivity index (χ0n) is 21.6. The van der Waals surface area contributed by atoms with Crippen LogP contribution in [0.2, 0.25) is 0 Å². The highest BCUT2D eigenvalue weighted by Gasteiger charge is 2.68. The Morgan fingerprint density at radius 2 is 1.82 bits per heavy atom. The second-order valence-corrected chi connectivity index (χ2v) is 11.4. The van der Waals surface area contributed by atoms with E-state index < -0.39 is 92.1 Å². The number of hydrogen-bond acceptors (Lipinski definition) is 10. The fraction of sp³-hybridized carbons (Fsp3) is 0.462. The van der Waals surface area contributed by atoms with E-state index in [0.717, 1.165) is 0 Å². The van der Waals surface area contributed by atoms with Crippen LogP contribution in [0, 0.1) is 11.8 Å².